The van der Waals surface area contributed by atoms with Crippen molar-refractivity contribution in [3.63, 3.8) is 0 Å². The number of rotatable bonds is 9. The molecule has 0 radical (unpaired) electrons. The minimum atomic E-state index is -1.62. The second-order valence-corrected chi connectivity index (χ2v) is 30.3. The Kier molecular flexibility index (Phi) is 10.4. The van der Waals surface area contributed by atoms with Crippen LogP contribution in [0.4, 0.5) is 34.1 Å². The Morgan fingerprint density at radius 2 is 0.697 bits per heavy atom. The zero-order valence-electron chi connectivity index (χ0n) is 49.5. The van der Waals surface area contributed by atoms with Crippen LogP contribution in [-0.2, 0) is 0 Å². The molecule has 6 aromatic heterocycles. The summed E-state index contributed by atoms with van der Waals surface area (Å²) in [5.41, 5.74) is 22.7. The highest BCUT2D eigenvalue weighted by Crippen LogP contribution is 2.55. The van der Waals surface area contributed by atoms with E-state index in [2.05, 4.69) is 312 Å². The number of aryl methyl sites for hydroxylation is 1. The fourth-order valence-corrected chi connectivity index (χ4v) is 16.4. The number of hydrogen-bond donors (Lipinski definition) is 0. The van der Waals surface area contributed by atoms with E-state index in [0.29, 0.717) is 0 Å². The molecule has 6 nitrogen and oxygen atoms in total. The molecule has 0 aliphatic heterocycles. The van der Waals surface area contributed by atoms with Gasteiger partial charge in [0.2, 0.25) is 0 Å². The fraction of sp³-hybridized carbons (Fsp3) is 0.0488. The molecule has 19 rings (SSSR count). The minimum absolute atomic E-state index is 0.853. The zero-order chi connectivity index (χ0) is 59.0. The van der Waals surface area contributed by atoms with Crippen LogP contribution >= 0.6 is 0 Å². The van der Waals surface area contributed by atoms with Gasteiger partial charge in [0.1, 0.15) is 11.2 Å². The van der Waals surface area contributed by atoms with Crippen molar-refractivity contribution in [2.24, 2.45) is 0 Å². The summed E-state index contributed by atoms with van der Waals surface area (Å²) < 4.78 is 19.0. The average molecular weight is 1160 g/mol. The third-order valence-corrected chi connectivity index (χ3v) is 21.2. The Labute approximate surface area is 513 Å². The normalized spacial score (nSPS) is 12.5. The predicted octanol–water partition coefficient (Wildman–Crippen LogP) is 22.9. The zero-order valence-corrected chi connectivity index (χ0v) is 50.5. The summed E-state index contributed by atoms with van der Waals surface area (Å²) in [6.07, 6.45) is 0. The average Bonchev–Trinajstić information content (AvgIpc) is 1.50. The van der Waals surface area contributed by atoms with E-state index >= 15 is 0 Å². The Morgan fingerprint density at radius 1 is 0.315 bits per heavy atom. The van der Waals surface area contributed by atoms with Gasteiger partial charge in [0.25, 0.3) is 0 Å². The van der Waals surface area contributed by atoms with Crippen molar-refractivity contribution in [1.29, 1.82) is 0 Å². The molecule has 0 fully saturated rings. The Hall–Kier alpha value is -11.1. The van der Waals surface area contributed by atoms with Crippen LogP contribution in [0.3, 0.4) is 0 Å². The predicted molar refractivity (Wildman–Crippen MR) is 378 cm³/mol. The highest BCUT2D eigenvalue weighted by atomic mass is 28.3. The number of aromatic nitrogens is 2. The largest absolute Gasteiger partial charge is 0.454 e. The number of anilines is 6. The molecular weight excluding hydrogens is 1100 g/mol. The van der Waals surface area contributed by atoms with Crippen LogP contribution < -0.4 is 15.0 Å². The fourth-order valence-electron chi connectivity index (χ4n) is 15.2. The Morgan fingerprint density at radius 3 is 1.16 bits per heavy atom. The van der Waals surface area contributed by atoms with Gasteiger partial charge in [-0.2, -0.15) is 0 Å². The van der Waals surface area contributed by atoms with Crippen LogP contribution in [0.1, 0.15) is 5.56 Å². The van der Waals surface area contributed by atoms with Crippen molar-refractivity contribution in [3.8, 4) is 22.3 Å². The standard InChI is InChI=1S/C82H56N4O2Si/c1-49-35-37-52(38-36-49)83(67-31-17-27-63-59-23-11-13-33-71(59)87-81(63)67)54-41-45-57-61-25-15-29-65-75-74(51-21-9-6-10-22-51)80-76(73(50-19-7-5-8-20-50)79(75)85(77(61)65)69(57)47-54)66-30-16-26-62-58-46-42-55(48-70(58)86(80)78(62)66)84(53-39-43-56(44-40-53)89(2,3)4)68-32-18-28-64-60-24-12-14-34-72(60)88-82(64)68/h5-48H,1-4H3. The van der Waals surface area contributed by atoms with Crippen LogP contribution in [0.5, 0.6) is 0 Å². The summed E-state index contributed by atoms with van der Waals surface area (Å²) in [5.74, 6) is 0. The Bertz CT molecular complexity index is 6090. The van der Waals surface area contributed by atoms with E-state index in [9.17, 15) is 0 Å². The van der Waals surface area contributed by atoms with Gasteiger partial charge >= 0.3 is 0 Å². The summed E-state index contributed by atoms with van der Waals surface area (Å²) in [5, 5.41) is 15.5. The highest BCUT2D eigenvalue weighted by molar-refractivity contribution is 6.88. The van der Waals surface area contributed by atoms with Gasteiger partial charge in [0.05, 0.1) is 52.5 Å². The molecule has 0 saturated heterocycles. The number of para-hydroxylation sites is 6. The third-order valence-electron chi connectivity index (χ3n) is 19.2. The van der Waals surface area contributed by atoms with Gasteiger partial charge in [-0.15, -0.1) is 0 Å². The lowest BCUT2D eigenvalue weighted by molar-refractivity contribution is 0.668. The van der Waals surface area contributed by atoms with Crippen LogP contribution in [-0.4, -0.2) is 16.9 Å². The molecule has 0 spiro atoms. The maximum Gasteiger partial charge on any atom is 0.159 e. The second kappa shape index (κ2) is 18.5. The molecule has 420 valence electrons. The smallest absolute Gasteiger partial charge is 0.159 e. The van der Waals surface area contributed by atoms with Gasteiger partial charge in [0, 0.05) is 98.5 Å². The van der Waals surface area contributed by atoms with E-state index in [-0.39, 0.29) is 0 Å². The molecule has 13 aromatic carbocycles. The van der Waals surface area contributed by atoms with Gasteiger partial charge in [-0.3, -0.25) is 0 Å². The van der Waals surface area contributed by atoms with Gasteiger partial charge in [0.15, 0.2) is 11.2 Å². The number of benzene rings is 13. The minimum Gasteiger partial charge on any atom is -0.454 e. The molecule has 7 heteroatoms. The van der Waals surface area contributed by atoms with Crippen molar-refractivity contribution in [2.45, 2.75) is 26.6 Å². The van der Waals surface area contributed by atoms with Gasteiger partial charge < -0.3 is 27.4 Å². The third kappa shape index (κ3) is 7.07. The molecule has 0 aliphatic rings. The van der Waals surface area contributed by atoms with Gasteiger partial charge in [-0.1, -0.05) is 225 Å². The SMILES string of the molecule is Cc1ccc(N(c2ccc3c4cccc5c6c(-c7ccccc7)c7c(c(-c8ccccc8)c6n(c3c2)c45)c2cccc3c4ccc(N(c5ccc([Si](C)(C)C)cc5)c5cccc6c5oc5ccccc56)cc4n7c32)c2cccc3c2oc2ccccc23)cc1. The van der Waals surface area contributed by atoms with E-state index in [1.807, 2.05) is 0 Å². The summed E-state index contributed by atoms with van der Waals surface area (Å²) in [7, 11) is -1.62. The summed E-state index contributed by atoms with van der Waals surface area (Å²) >= 11 is 0. The topological polar surface area (TPSA) is 41.6 Å². The molecule has 0 N–H and O–H groups in total. The van der Waals surface area contributed by atoms with Crippen molar-refractivity contribution in [2.75, 3.05) is 9.80 Å². The highest BCUT2D eigenvalue weighted by Gasteiger charge is 2.32. The van der Waals surface area contributed by atoms with Crippen LogP contribution in [0.25, 0.3) is 142 Å². The molecule has 0 amide bonds. The van der Waals surface area contributed by atoms with Crippen molar-refractivity contribution >= 4 is 167 Å². The number of nitrogens with zero attached hydrogens (tertiary/aromatic N) is 4. The van der Waals surface area contributed by atoms with E-state index < -0.39 is 8.07 Å². The first-order valence-corrected chi connectivity index (χ1v) is 34.3. The second-order valence-electron chi connectivity index (χ2n) is 25.2. The molecule has 0 saturated carbocycles. The lowest BCUT2D eigenvalue weighted by Gasteiger charge is -2.27. The lowest BCUT2D eigenvalue weighted by Crippen LogP contribution is -2.37. The van der Waals surface area contributed by atoms with E-state index in [1.165, 1.54) is 87.0 Å². The molecule has 0 bridgehead atoms. The molecule has 19 aromatic rings. The molecule has 0 unspecified atom stereocenters. The summed E-state index contributed by atoms with van der Waals surface area (Å²) in [6.45, 7) is 9.40. The van der Waals surface area contributed by atoms with Crippen LogP contribution in [0, 0.1) is 6.92 Å². The van der Waals surface area contributed by atoms with Crippen molar-refractivity contribution < 1.29 is 8.83 Å². The molecule has 0 aliphatic carbocycles. The Balaban J connectivity index is 0.945. The maximum atomic E-state index is 6.89. The molecule has 89 heavy (non-hydrogen) atoms. The van der Waals surface area contributed by atoms with Crippen molar-refractivity contribution in [1.82, 2.24) is 8.80 Å². The summed E-state index contributed by atoms with van der Waals surface area (Å²) in [4.78, 5) is 4.80. The number of furan rings is 2. The summed E-state index contributed by atoms with van der Waals surface area (Å²) in [6, 6.07) is 98.6. The maximum absolute atomic E-state index is 6.89. The molecule has 6 heterocycles. The number of fused-ring (bicyclic) bond motifs is 18. The van der Waals surface area contributed by atoms with Crippen molar-refractivity contribution in [3.05, 3.63) is 272 Å². The first-order valence-electron chi connectivity index (χ1n) is 30.8. The van der Waals surface area contributed by atoms with E-state index in [0.717, 1.165) is 100 Å². The molecular formula is C82H56N4O2Si. The first kappa shape index (κ1) is 50.1. The monoisotopic (exact) mass is 1160 g/mol. The van der Waals surface area contributed by atoms with Crippen LogP contribution in [0.15, 0.2) is 276 Å². The number of hydrogen-bond acceptors (Lipinski definition) is 4. The van der Waals surface area contributed by atoms with Gasteiger partial charge in [-0.25, -0.2) is 0 Å². The van der Waals surface area contributed by atoms with Crippen LogP contribution in [0.2, 0.25) is 19.6 Å². The molecule has 0 atom stereocenters. The quantitative estimate of drug-likeness (QED) is 0.135. The lowest BCUT2D eigenvalue weighted by atomic mass is 9.89. The van der Waals surface area contributed by atoms with E-state index in [1.54, 1.807) is 0 Å². The van der Waals surface area contributed by atoms with E-state index in [4.69, 9.17) is 8.83 Å². The van der Waals surface area contributed by atoms with Gasteiger partial charge in [-0.05, 0) is 90.8 Å². The first-order chi connectivity index (χ1) is 43.7.